The Morgan fingerprint density at radius 2 is 2.09 bits per heavy atom. The lowest BCUT2D eigenvalue weighted by atomic mass is 10.3. The van der Waals surface area contributed by atoms with Crippen LogP contribution in [0.15, 0.2) is 0 Å². The highest BCUT2D eigenvalue weighted by Crippen LogP contribution is 2.11. The summed E-state index contributed by atoms with van der Waals surface area (Å²) in [5.74, 6) is 1.20. The lowest BCUT2D eigenvalue weighted by Crippen LogP contribution is -2.23. The fraction of sp³-hybridized carbons (Fsp3) is 1.00. The average Bonchev–Trinajstić information content (AvgIpc) is 2.03. The molecule has 0 aliphatic rings. The van der Waals surface area contributed by atoms with Crippen molar-refractivity contribution in [2.75, 3.05) is 26.4 Å². The second kappa shape index (κ2) is 8.37. The molecule has 11 heavy (non-hydrogen) atoms. The Bertz CT molecular complexity index is 78.5. The van der Waals surface area contributed by atoms with Gasteiger partial charge in [-0.2, -0.15) is 0 Å². The van der Waals surface area contributed by atoms with Crippen LogP contribution in [0.1, 0.15) is 19.8 Å². The summed E-state index contributed by atoms with van der Waals surface area (Å²) in [6, 6.07) is 0. The molecular formula is C8H20N2S. The molecule has 0 saturated carbocycles. The zero-order valence-electron chi connectivity index (χ0n) is 7.81. The van der Waals surface area contributed by atoms with Crippen LogP contribution in [-0.4, -0.2) is 31.8 Å². The van der Waals surface area contributed by atoms with Gasteiger partial charge in [-0.25, -0.2) is 0 Å². The van der Waals surface area contributed by atoms with E-state index in [1.165, 1.54) is 18.6 Å². The normalized spacial score (nSPS) is 13.4. The molecule has 0 heterocycles. The molecule has 0 aromatic rings. The molecule has 0 aromatic heterocycles. The maximum absolute atomic E-state index is 3.30. The highest BCUT2D eigenvalue weighted by Gasteiger charge is 2.02. The maximum atomic E-state index is 3.30. The van der Waals surface area contributed by atoms with Crippen molar-refractivity contribution in [3.8, 4) is 0 Å². The summed E-state index contributed by atoms with van der Waals surface area (Å²) in [5, 5.41) is 7.10. The molecule has 0 amide bonds. The zero-order valence-corrected chi connectivity index (χ0v) is 8.63. The first-order valence-corrected chi connectivity index (χ1v) is 5.33. The molecular weight excluding hydrogens is 156 g/mol. The highest BCUT2D eigenvalue weighted by molar-refractivity contribution is 7.99. The second-order valence-corrected chi connectivity index (χ2v) is 3.96. The first-order valence-electron chi connectivity index (χ1n) is 4.28. The quantitative estimate of drug-likeness (QED) is 0.451. The monoisotopic (exact) mass is 176 g/mol. The van der Waals surface area contributed by atoms with Crippen LogP contribution < -0.4 is 10.6 Å². The van der Waals surface area contributed by atoms with Crippen LogP contribution in [0.4, 0.5) is 0 Å². The molecule has 0 aliphatic carbocycles. The third kappa shape index (κ3) is 6.66. The molecule has 1 unspecified atom stereocenters. The van der Waals surface area contributed by atoms with Gasteiger partial charge in [0.25, 0.3) is 0 Å². The van der Waals surface area contributed by atoms with Gasteiger partial charge in [0.2, 0.25) is 0 Å². The van der Waals surface area contributed by atoms with Gasteiger partial charge in [0.1, 0.15) is 0 Å². The third-order valence-electron chi connectivity index (χ3n) is 1.58. The molecule has 2 N–H and O–H groups in total. The van der Waals surface area contributed by atoms with Crippen LogP contribution >= 0.6 is 11.8 Å². The second-order valence-electron chi connectivity index (χ2n) is 2.48. The minimum Gasteiger partial charge on any atom is -0.320 e. The van der Waals surface area contributed by atoms with Gasteiger partial charge in [0.15, 0.2) is 0 Å². The highest BCUT2D eigenvalue weighted by atomic mass is 32.2. The van der Waals surface area contributed by atoms with E-state index in [0.717, 1.165) is 6.54 Å². The van der Waals surface area contributed by atoms with E-state index in [1.54, 1.807) is 0 Å². The SMILES string of the molecule is CCSC(CCCNC)NC. The molecule has 0 aromatic carbocycles. The zero-order chi connectivity index (χ0) is 8.53. The Morgan fingerprint density at radius 3 is 2.55 bits per heavy atom. The summed E-state index contributed by atoms with van der Waals surface area (Å²) in [6.45, 7) is 3.33. The van der Waals surface area contributed by atoms with E-state index in [-0.39, 0.29) is 0 Å². The minimum atomic E-state index is 0.647. The summed E-state index contributed by atoms with van der Waals surface area (Å²) < 4.78 is 0. The van der Waals surface area contributed by atoms with Gasteiger partial charge in [-0.1, -0.05) is 6.92 Å². The summed E-state index contributed by atoms with van der Waals surface area (Å²) in [7, 11) is 4.04. The maximum Gasteiger partial charge on any atom is 0.0530 e. The van der Waals surface area contributed by atoms with Gasteiger partial charge in [0.05, 0.1) is 5.37 Å². The van der Waals surface area contributed by atoms with E-state index in [2.05, 4.69) is 17.6 Å². The summed E-state index contributed by atoms with van der Waals surface area (Å²) in [5.41, 5.74) is 0. The van der Waals surface area contributed by atoms with Crippen molar-refractivity contribution in [3.63, 3.8) is 0 Å². The Hall–Kier alpha value is 0.270. The molecule has 0 spiro atoms. The van der Waals surface area contributed by atoms with Gasteiger partial charge < -0.3 is 10.6 Å². The van der Waals surface area contributed by atoms with Crippen molar-refractivity contribution in [1.29, 1.82) is 0 Å². The summed E-state index contributed by atoms with van der Waals surface area (Å²) in [4.78, 5) is 0. The molecule has 0 aliphatic heterocycles. The molecule has 0 fully saturated rings. The molecule has 68 valence electrons. The van der Waals surface area contributed by atoms with Gasteiger partial charge in [0, 0.05) is 0 Å². The van der Waals surface area contributed by atoms with Crippen molar-refractivity contribution < 1.29 is 0 Å². The molecule has 0 rings (SSSR count). The van der Waals surface area contributed by atoms with Crippen LogP contribution in [0.25, 0.3) is 0 Å². The van der Waals surface area contributed by atoms with E-state index < -0.39 is 0 Å². The fourth-order valence-corrected chi connectivity index (χ4v) is 1.88. The summed E-state index contributed by atoms with van der Waals surface area (Å²) >= 11 is 1.99. The van der Waals surface area contributed by atoms with Crippen LogP contribution in [0.5, 0.6) is 0 Å². The van der Waals surface area contributed by atoms with Crippen molar-refractivity contribution in [3.05, 3.63) is 0 Å². The molecule has 1 atom stereocenters. The Morgan fingerprint density at radius 1 is 1.36 bits per heavy atom. The van der Waals surface area contributed by atoms with Gasteiger partial charge in [-0.15, -0.1) is 11.8 Å². The van der Waals surface area contributed by atoms with Crippen molar-refractivity contribution in [2.24, 2.45) is 0 Å². The number of rotatable bonds is 7. The third-order valence-corrected chi connectivity index (χ3v) is 2.79. The van der Waals surface area contributed by atoms with E-state index >= 15 is 0 Å². The van der Waals surface area contributed by atoms with Crippen LogP contribution in [-0.2, 0) is 0 Å². The van der Waals surface area contributed by atoms with Crippen LogP contribution in [0.2, 0.25) is 0 Å². The minimum absolute atomic E-state index is 0.647. The summed E-state index contributed by atoms with van der Waals surface area (Å²) in [6.07, 6.45) is 2.52. The smallest absolute Gasteiger partial charge is 0.0530 e. The van der Waals surface area contributed by atoms with E-state index in [1.807, 2.05) is 25.9 Å². The van der Waals surface area contributed by atoms with Crippen LogP contribution in [0, 0.1) is 0 Å². The van der Waals surface area contributed by atoms with Crippen molar-refractivity contribution >= 4 is 11.8 Å². The molecule has 2 nitrogen and oxygen atoms in total. The Kier molecular flexibility index (Phi) is 8.57. The number of nitrogens with one attached hydrogen (secondary N) is 2. The van der Waals surface area contributed by atoms with Crippen molar-refractivity contribution in [1.82, 2.24) is 10.6 Å². The van der Waals surface area contributed by atoms with Gasteiger partial charge >= 0.3 is 0 Å². The lowest BCUT2D eigenvalue weighted by Gasteiger charge is -2.13. The first kappa shape index (κ1) is 11.3. The Balaban J connectivity index is 3.20. The predicted octanol–water partition coefficient (Wildman–Crippen LogP) is 1.28. The first-order chi connectivity index (χ1) is 5.35. The predicted molar refractivity (Wildman–Crippen MR) is 54.1 cm³/mol. The average molecular weight is 176 g/mol. The topological polar surface area (TPSA) is 24.1 Å². The fourth-order valence-electron chi connectivity index (χ4n) is 0.976. The molecule has 0 saturated heterocycles. The van der Waals surface area contributed by atoms with Crippen LogP contribution in [0.3, 0.4) is 0 Å². The van der Waals surface area contributed by atoms with E-state index in [4.69, 9.17) is 0 Å². The van der Waals surface area contributed by atoms with E-state index in [0.29, 0.717) is 5.37 Å². The number of hydrogen-bond acceptors (Lipinski definition) is 3. The van der Waals surface area contributed by atoms with E-state index in [9.17, 15) is 0 Å². The number of hydrogen-bond donors (Lipinski definition) is 2. The molecule has 0 radical (unpaired) electrons. The van der Waals surface area contributed by atoms with Gasteiger partial charge in [-0.05, 0) is 39.2 Å². The molecule has 0 bridgehead atoms. The lowest BCUT2D eigenvalue weighted by molar-refractivity contribution is 0.614. The standard InChI is InChI=1S/C8H20N2S/c1-4-11-8(10-3)6-5-7-9-2/h8-10H,4-7H2,1-3H3. The Labute approximate surface area is 74.5 Å². The number of thioether (sulfide) groups is 1. The van der Waals surface area contributed by atoms with Gasteiger partial charge in [-0.3, -0.25) is 0 Å². The largest absolute Gasteiger partial charge is 0.320 e. The van der Waals surface area contributed by atoms with Crippen molar-refractivity contribution in [2.45, 2.75) is 25.1 Å². The molecule has 3 heteroatoms.